The molecule has 3 heterocycles. The quantitative estimate of drug-likeness (QED) is 0.396. The number of aliphatic hydroxyl groups is 1. The number of phenolic OH excluding ortho intramolecular Hbond substituents is 1. The van der Waals surface area contributed by atoms with Crippen molar-refractivity contribution in [2.75, 3.05) is 4.90 Å². The van der Waals surface area contributed by atoms with E-state index in [2.05, 4.69) is 5.32 Å². The molecule has 0 spiro atoms. The number of aliphatic hydroxyl groups excluding tert-OH is 1. The van der Waals surface area contributed by atoms with Crippen LogP contribution >= 0.6 is 0 Å². The summed E-state index contributed by atoms with van der Waals surface area (Å²) in [6, 6.07) is 9.45. The van der Waals surface area contributed by atoms with Crippen molar-refractivity contribution in [2.24, 2.45) is 11.7 Å². The monoisotopic (exact) mass is 494 g/mol. The Balaban J connectivity index is 1.67. The van der Waals surface area contributed by atoms with Crippen LogP contribution in [-0.2, 0) is 14.4 Å². The van der Waals surface area contributed by atoms with Crippen molar-refractivity contribution in [3.63, 3.8) is 0 Å². The summed E-state index contributed by atoms with van der Waals surface area (Å²) in [5.41, 5.74) is 8.31. The molecule has 10 heteroatoms. The van der Waals surface area contributed by atoms with Gasteiger partial charge in [-0.2, -0.15) is 0 Å². The van der Waals surface area contributed by atoms with Gasteiger partial charge in [0, 0.05) is 5.69 Å². The number of fused-ring (bicyclic) bond motifs is 3. The minimum absolute atomic E-state index is 0.0452. The van der Waals surface area contributed by atoms with Crippen molar-refractivity contribution in [3.8, 4) is 5.75 Å². The van der Waals surface area contributed by atoms with Gasteiger partial charge >= 0.3 is 5.97 Å². The first-order valence-electron chi connectivity index (χ1n) is 12.1. The molecule has 3 aliphatic heterocycles. The number of benzene rings is 2. The summed E-state index contributed by atoms with van der Waals surface area (Å²) in [7, 11) is 0. The second-order valence-corrected chi connectivity index (χ2v) is 9.86. The number of rotatable bonds is 6. The third-order valence-corrected chi connectivity index (χ3v) is 7.94. The topological polar surface area (TPSA) is 156 Å². The van der Waals surface area contributed by atoms with Gasteiger partial charge in [0.25, 0.3) is 0 Å². The van der Waals surface area contributed by atoms with Gasteiger partial charge in [0.1, 0.15) is 18.0 Å². The Labute approximate surface area is 208 Å². The largest absolute Gasteiger partial charge is 0.508 e. The Morgan fingerprint density at radius 2 is 1.78 bits per heavy atom. The van der Waals surface area contributed by atoms with E-state index in [0.29, 0.717) is 12.0 Å². The summed E-state index contributed by atoms with van der Waals surface area (Å²) in [6.07, 6.45) is -1.42. The van der Waals surface area contributed by atoms with Crippen molar-refractivity contribution in [2.45, 2.75) is 62.6 Å². The summed E-state index contributed by atoms with van der Waals surface area (Å²) in [5, 5.41) is 33.8. The molecule has 10 nitrogen and oxygen atoms in total. The fourth-order valence-electron chi connectivity index (χ4n) is 5.90. The molecule has 6 N–H and O–H groups in total. The van der Waals surface area contributed by atoms with Crippen molar-refractivity contribution in [1.82, 2.24) is 10.2 Å². The van der Waals surface area contributed by atoms with Crippen LogP contribution in [0.15, 0.2) is 48.5 Å². The number of aromatic hydroxyl groups is 1. The summed E-state index contributed by atoms with van der Waals surface area (Å²) in [5.74, 6) is -3.15. The predicted octanol–water partition coefficient (Wildman–Crippen LogP) is 0.891. The van der Waals surface area contributed by atoms with Crippen molar-refractivity contribution in [3.05, 3.63) is 59.7 Å². The van der Waals surface area contributed by atoms with E-state index >= 15 is 0 Å². The first kappa shape index (κ1) is 24.1. The van der Waals surface area contributed by atoms with Gasteiger partial charge in [-0.05, 0) is 35.2 Å². The second-order valence-electron chi connectivity index (χ2n) is 9.86. The van der Waals surface area contributed by atoms with Crippen LogP contribution in [0.1, 0.15) is 43.4 Å². The number of nitrogens with one attached hydrogen (secondary N) is 1. The number of hydrogen-bond acceptors (Lipinski definition) is 7. The van der Waals surface area contributed by atoms with Crippen molar-refractivity contribution < 1.29 is 29.7 Å². The number of aliphatic carboxylic acids is 1. The third kappa shape index (κ3) is 3.43. The molecule has 2 fully saturated rings. The summed E-state index contributed by atoms with van der Waals surface area (Å²) < 4.78 is 0. The number of para-hydroxylation sites is 1. The van der Waals surface area contributed by atoms with E-state index in [1.54, 1.807) is 12.1 Å². The lowest BCUT2D eigenvalue weighted by Crippen LogP contribution is -2.68. The molecular formula is C26H30N4O6. The number of hydrogen-bond donors (Lipinski definition) is 5. The molecule has 2 aromatic rings. The van der Waals surface area contributed by atoms with Crippen LogP contribution in [0.2, 0.25) is 0 Å². The Bertz CT molecular complexity index is 1200. The summed E-state index contributed by atoms with van der Waals surface area (Å²) in [6.45, 7) is 3.76. The highest BCUT2D eigenvalue weighted by molar-refractivity contribution is 5.96. The highest BCUT2D eigenvalue weighted by Crippen LogP contribution is 2.55. The minimum Gasteiger partial charge on any atom is -0.508 e. The molecule has 0 aromatic heterocycles. The SMILES string of the molecule is CC[C@H](C)[C@H](N)C(=O)N[C@@H]1C(=O)N2[C@H](C(=O)O)[C@@H](O)[C@@H]3c4ccccc4N([C@@H]1c1ccc(O)cc1)[C@@H]32. The van der Waals surface area contributed by atoms with Gasteiger partial charge in [-0.25, -0.2) is 4.79 Å². The number of carbonyl (C=O) groups is 3. The number of carboxylic acids is 1. The van der Waals surface area contributed by atoms with E-state index in [-0.39, 0.29) is 11.7 Å². The fourth-order valence-corrected chi connectivity index (χ4v) is 5.90. The van der Waals surface area contributed by atoms with Gasteiger partial charge in [0.15, 0.2) is 6.04 Å². The fraction of sp³-hybridized carbons (Fsp3) is 0.423. The van der Waals surface area contributed by atoms with E-state index in [1.165, 1.54) is 17.0 Å². The van der Waals surface area contributed by atoms with Crippen molar-refractivity contribution >= 4 is 23.5 Å². The van der Waals surface area contributed by atoms with Gasteiger partial charge in [-0.1, -0.05) is 50.6 Å². The minimum atomic E-state index is -1.47. The van der Waals surface area contributed by atoms with E-state index in [0.717, 1.165) is 11.3 Å². The third-order valence-electron chi connectivity index (χ3n) is 7.94. The van der Waals surface area contributed by atoms with E-state index in [1.807, 2.05) is 43.0 Å². The van der Waals surface area contributed by atoms with E-state index in [4.69, 9.17) is 5.73 Å². The Morgan fingerprint density at radius 3 is 2.42 bits per heavy atom. The maximum Gasteiger partial charge on any atom is 0.329 e. The average Bonchev–Trinajstić information content (AvgIpc) is 3.36. The van der Waals surface area contributed by atoms with Gasteiger partial charge in [-0.15, -0.1) is 0 Å². The van der Waals surface area contributed by atoms with Crippen LogP contribution < -0.4 is 16.0 Å². The number of amides is 2. The molecule has 0 saturated carbocycles. The lowest BCUT2D eigenvalue weighted by molar-refractivity contribution is -0.155. The number of phenols is 1. The second kappa shape index (κ2) is 8.79. The Hall–Kier alpha value is -3.63. The van der Waals surface area contributed by atoms with Gasteiger partial charge < -0.3 is 36.2 Å². The average molecular weight is 495 g/mol. The smallest absolute Gasteiger partial charge is 0.329 e. The van der Waals surface area contributed by atoms with E-state index in [9.17, 15) is 29.7 Å². The molecule has 0 aliphatic carbocycles. The highest BCUT2D eigenvalue weighted by Gasteiger charge is 2.65. The summed E-state index contributed by atoms with van der Waals surface area (Å²) in [4.78, 5) is 42.6. The predicted molar refractivity (Wildman–Crippen MR) is 130 cm³/mol. The zero-order valence-corrected chi connectivity index (χ0v) is 20.0. The van der Waals surface area contributed by atoms with Crippen LogP contribution in [0.25, 0.3) is 0 Å². The Kier molecular flexibility index (Phi) is 5.88. The lowest BCUT2D eigenvalue weighted by Gasteiger charge is -2.49. The molecule has 8 atom stereocenters. The van der Waals surface area contributed by atoms with Crippen LogP contribution in [0.5, 0.6) is 5.75 Å². The maximum atomic E-state index is 14.0. The maximum absolute atomic E-state index is 14.0. The van der Waals surface area contributed by atoms with E-state index < -0.39 is 60.1 Å². The molecule has 36 heavy (non-hydrogen) atoms. The zero-order valence-electron chi connectivity index (χ0n) is 20.0. The number of carboxylic acid groups (broad SMARTS) is 1. The normalized spacial score (nSPS) is 29.9. The van der Waals surface area contributed by atoms with Crippen LogP contribution in [0.3, 0.4) is 0 Å². The molecule has 2 aromatic carbocycles. The standard InChI is InChI=1S/C26H30N4O6/c1-3-12(2)18(27)23(33)28-19-20(13-8-10-14(31)11-9-13)29-16-7-5-4-6-15(16)17-22(32)21(26(35)36)30(24(17)29)25(19)34/h4-12,17-22,24,31-32H,3,27H2,1-2H3,(H,28,33)(H,35,36)/t12-,17-,18-,19-,20+,21-,22-,24+/m0/s1. The number of anilines is 1. The number of nitrogens with zero attached hydrogens (tertiary/aromatic N) is 2. The van der Waals surface area contributed by atoms with Crippen LogP contribution in [0, 0.1) is 5.92 Å². The van der Waals surface area contributed by atoms with Gasteiger partial charge in [-0.3, -0.25) is 9.59 Å². The van der Waals surface area contributed by atoms with Gasteiger partial charge in [0.2, 0.25) is 11.8 Å². The molecule has 3 aliphatic rings. The first-order valence-corrected chi connectivity index (χ1v) is 12.1. The van der Waals surface area contributed by atoms with Crippen molar-refractivity contribution in [1.29, 1.82) is 0 Å². The van der Waals surface area contributed by atoms with Gasteiger partial charge in [0.05, 0.1) is 24.1 Å². The molecule has 2 saturated heterocycles. The number of nitrogens with two attached hydrogens (primary N) is 1. The molecule has 2 amide bonds. The molecule has 0 unspecified atom stereocenters. The Morgan fingerprint density at radius 1 is 1.11 bits per heavy atom. The summed E-state index contributed by atoms with van der Waals surface area (Å²) >= 11 is 0. The highest BCUT2D eigenvalue weighted by atomic mass is 16.4. The first-order chi connectivity index (χ1) is 17.2. The molecular weight excluding hydrogens is 464 g/mol. The lowest BCUT2D eigenvalue weighted by atomic mass is 9.91. The molecule has 0 bridgehead atoms. The molecule has 0 radical (unpaired) electrons. The van der Waals surface area contributed by atoms with Crippen LogP contribution in [0.4, 0.5) is 5.69 Å². The molecule has 5 rings (SSSR count). The number of carbonyl (C=O) groups excluding carboxylic acids is 2. The molecule has 190 valence electrons. The van der Waals surface area contributed by atoms with Crippen LogP contribution in [-0.4, -0.2) is 68.4 Å². The zero-order chi connectivity index (χ0) is 25.9.